The van der Waals surface area contributed by atoms with Crippen molar-refractivity contribution in [3.63, 3.8) is 0 Å². The summed E-state index contributed by atoms with van der Waals surface area (Å²) < 4.78 is 5.67. The SMILES string of the molecule is CN(C)C(=O)Nc1ccc(OCc2ccc(Cl)cc2)cc1. The molecule has 0 aliphatic heterocycles. The van der Waals surface area contributed by atoms with E-state index in [1.165, 1.54) is 4.90 Å². The van der Waals surface area contributed by atoms with Crippen LogP contribution >= 0.6 is 11.6 Å². The van der Waals surface area contributed by atoms with Gasteiger partial charge >= 0.3 is 6.03 Å². The normalized spacial score (nSPS) is 10.0. The molecule has 0 aliphatic carbocycles. The van der Waals surface area contributed by atoms with Crippen LogP contribution in [0.1, 0.15) is 5.56 Å². The van der Waals surface area contributed by atoms with Gasteiger partial charge in [-0.2, -0.15) is 0 Å². The van der Waals surface area contributed by atoms with E-state index in [9.17, 15) is 4.79 Å². The molecule has 0 unspecified atom stereocenters. The first-order chi connectivity index (χ1) is 10.0. The summed E-state index contributed by atoms with van der Waals surface area (Å²) in [5, 5.41) is 3.47. The Morgan fingerprint density at radius 3 is 2.29 bits per heavy atom. The Morgan fingerprint density at radius 1 is 1.10 bits per heavy atom. The van der Waals surface area contributed by atoms with E-state index >= 15 is 0 Å². The summed E-state index contributed by atoms with van der Waals surface area (Å²) in [6, 6.07) is 14.6. The molecule has 0 saturated heterocycles. The number of hydrogen-bond acceptors (Lipinski definition) is 2. The lowest BCUT2D eigenvalue weighted by atomic mass is 10.2. The van der Waals surface area contributed by atoms with Crippen molar-refractivity contribution in [2.24, 2.45) is 0 Å². The summed E-state index contributed by atoms with van der Waals surface area (Å²) in [7, 11) is 3.39. The van der Waals surface area contributed by atoms with Gasteiger partial charge in [0.15, 0.2) is 0 Å². The molecular weight excluding hydrogens is 288 g/mol. The minimum atomic E-state index is -0.162. The largest absolute Gasteiger partial charge is 0.489 e. The molecular formula is C16H17ClN2O2. The van der Waals surface area contributed by atoms with Gasteiger partial charge in [0.05, 0.1) is 0 Å². The van der Waals surface area contributed by atoms with Crippen LogP contribution in [0, 0.1) is 0 Å². The number of hydrogen-bond donors (Lipinski definition) is 1. The first-order valence-electron chi connectivity index (χ1n) is 6.50. The highest BCUT2D eigenvalue weighted by Gasteiger charge is 2.03. The molecule has 0 spiro atoms. The number of nitrogens with one attached hydrogen (secondary N) is 1. The van der Waals surface area contributed by atoms with Crippen molar-refractivity contribution in [1.82, 2.24) is 4.90 Å². The Morgan fingerprint density at radius 2 is 1.71 bits per heavy atom. The third-order valence-corrected chi connectivity index (χ3v) is 3.08. The van der Waals surface area contributed by atoms with Gasteiger partial charge in [0.2, 0.25) is 0 Å². The number of amides is 2. The zero-order valence-corrected chi connectivity index (χ0v) is 12.7. The van der Waals surface area contributed by atoms with Gasteiger partial charge in [0.1, 0.15) is 12.4 Å². The van der Waals surface area contributed by atoms with E-state index in [0.29, 0.717) is 11.6 Å². The standard InChI is InChI=1S/C16H17ClN2O2/c1-19(2)16(20)18-14-7-9-15(10-8-14)21-11-12-3-5-13(17)6-4-12/h3-10H,11H2,1-2H3,(H,18,20). The number of nitrogens with zero attached hydrogens (tertiary/aromatic N) is 1. The van der Waals surface area contributed by atoms with Gasteiger partial charge in [-0.3, -0.25) is 0 Å². The average Bonchev–Trinajstić information content (AvgIpc) is 2.48. The van der Waals surface area contributed by atoms with E-state index in [4.69, 9.17) is 16.3 Å². The van der Waals surface area contributed by atoms with Crippen molar-refractivity contribution < 1.29 is 9.53 Å². The van der Waals surface area contributed by atoms with E-state index in [1.807, 2.05) is 36.4 Å². The summed E-state index contributed by atoms with van der Waals surface area (Å²) in [6.07, 6.45) is 0. The van der Waals surface area contributed by atoms with Crippen molar-refractivity contribution in [1.29, 1.82) is 0 Å². The number of rotatable bonds is 4. The molecule has 5 heteroatoms. The molecule has 2 amide bonds. The zero-order valence-electron chi connectivity index (χ0n) is 12.0. The lowest BCUT2D eigenvalue weighted by Crippen LogP contribution is -2.27. The summed E-state index contributed by atoms with van der Waals surface area (Å²) in [6.45, 7) is 0.473. The van der Waals surface area contributed by atoms with Gasteiger partial charge in [-0.25, -0.2) is 4.79 Å². The van der Waals surface area contributed by atoms with Crippen molar-refractivity contribution in [3.8, 4) is 5.75 Å². The molecule has 0 aromatic heterocycles. The number of urea groups is 1. The Balaban J connectivity index is 1.90. The molecule has 0 radical (unpaired) electrons. The molecule has 0 aliphatic rings. The minimum Gasteiger partial charge on any atom is -0.489 e. The van der Waals surface area contributed by atoms with E-state index in [1.54, 1.807) is 26.2 Å². The van der Waals surface area contributed by atoms with Crippen LogP contribution < -0.4 is 10.1 Å². The highest BCUT2D eigenvalue weighted by molar-refractivity contribution is 6.30. The van der Waals surface area contributed by atoms with Crippen LogP contribution in [0.3, 0.4) is 0 Å². The maximum atomic E-state index is 11.5. The van der Waals surface area contributed by atoms with Crippen molar-refractivity contribution in [2.75, 3.05) is 19.4 Å². The number of benzene rings is 2. The van der Waals surface area contributed by atoms with Crippen LogP contribution in [0.15, 0.2) is 48.5 Å². The molecule has 0 heterocycles. The highest BCUT2D eigenvalue weighted by atomic mass is 35.5. The summed E-state index contributed by atoms with van der Waals surface area (Å²) in [4.78, 5) is 13.0. The summed E-state index contributed by atoms with van der Waals surface area (Å²) in [5.41, 5.74) is 1.77. The van der Waals surface area contributed by atoms with Gasteiger partial charge in [0, 0.05) is 24.8 Å². The maximum absolute atomic E-state index is 11.5. The molecule has 0 fully saturated rings. The highest BCUT2D eigenvalue weighted by Crippen LogP contribution is 2.18. The topological polar surface area (TPSA) is 41.6 Å². The van der Waals surface area contributed by atoms with Crippen molar-refractivity contribution >= 4 is 23.3 Å². The summed E-state index contributed by atoms with van der Waals surface area (Å²) >= 11 is 5.83. The van der Waals surface area contributed by atoms with E-state index in [0.717, 1.165) is 17.0 Å². The fourth-order valence-electron chi connectivity index (χ4n) is 1.62. The molecule has 1 N–H and O–H groups in total. The van der Waals surface area contributed by atoms with Gasteiger partial charge in [-0.1, -0.05) is 23.7 Å². The Bertz CT molecular complexity index is 595. The molecule has 110 valence electrons. The number of carbonyl (C=O) groups is 1. The molecule has 4 nitrogen and oxygen atoms in total. The number of ether oxygens (including phenoxy) is 1. The van der Waals surface area contributed by atoms with Gasteiger partial charge in [-0.15, -0.1) is 0 Å². The number of halogens is 1. The third-order valence-electron chi connectivity index (χ3n) is 2.83. The second kappa shape index (κ2) is 6.99. The van der Waals surface area contributed by atoms with Crippen LogP contribution in [-0.2, 0) is 6.61 Å². The number of carbonyl (C=O) groups excluding carboxylic acids is 1. The first kappa shape index (κ1) is 15.2. The predicted octanol–water partition coefficient (Wildman–Crippen LogP) is 4.01. The monoisotopic (exact) mass is 304 g/mol. The zero-order chi connectivity index (χ0) is 15.2. The van der Waals surface area contributed by atoms with Gasteiger partial charge in [0.25, 0.3) is 0 Å². The fourth-order valence-corrected chi connectivity index (χ4v) is 1.74. The lowest BCUT2D eigenvalue weighted by Gasteiger charge is -2.12. The average molecular weight is 305 g/mol. The molecule has 0 atom stereocenters. The second-order valence-electron chi connectivity index (χ2n) is 4.76. The quantitative estimate of drug-likeness (QED) is 0.927. The van der Waals surface area contributed by atoms with Crippen LogP contribution in [-0.4, -0.2) is 25.0 Å². The smallest absolute Gasteiger partial charge is 0.321 e. The van der Waals surface area contributed by atoms with Crippen LogP contribution in [0.2, 0.25) is 5.02 Å². The van der Waals surface area contributed by atoms with Gasteiger partial charge < -0.3 is 15.0 Å². The van der Waals surface area contributed by atoms with E-state index in [2.05, 4.69) is 5.32 Å². The molecule has 2 aromatic carbocycles. The molecule has 2 aromatic rings. The third kappa shape index (κ3) is 4.68. The summed E-state index contributed by atoms with van der Waals surface area (Å²) in [5.74, 6) is 0.743. The van der Waals surface area contributed by atoms with Crippen LogP contribution in [0.4, 0.5) is 10.5 Å². The molecule has 2 rings (SSSR count). The lowest BCUT2D eigenvalue weighted by molar-refractivity contribution is 0.230. The molecule has 0 saturated carbocycles. The molecule has 0 bridgehead atoms. The first-order valence-corrected chi connectivity index (χ1v) is 6.88. The number of anilines is 1. The fraction of sp³-hybridized carbons (Fsp3) is 0.188. The minimum absolute atomic E-state index is 0.162. The Hall–Kier alpha value is -2.20. The maximum Gasteiger partial charge on any atom is 0.321 e. The van der Waals surface area contributed by atoms with Crippen molar-refractivity contribution in [3.05, 3.63) is 59.1 Å². The Labute approximate surface area is 129 Å². The predicted molar refractivity (Wildman–Crippen MR) is 84.9 cm³/mol. The molecule has 21 heavy (non-hydrogen) atoms. The van der Waals surface area contributed by atoms with Crippen LogP contribution in [0.25, 0.3) is 0 Å². The van der Waals surface area contributed by atoms with E-state index in [-0.39, 0.29) is 6.03 Å². The second-order valence-corrected chi connectivity index (χ2v) is 5.20. The van der Waals surface area contributed by atoms with Crippen molar-refractivity contribution in [2.45, 2.75) is 6.61 Å². The van der Waals surface area contributed by atoms with Gasteiger partial charge in [-0.05, 0) is 42.0 Å². The van der Waals surface area contributed by atoms with E-state index < -0.39 is 0 Å². The Kier molecular flexibility index (Phi) is 5.06. The van der Waals surface area contributed by atoms with Crippen LogP contribution in [0.5, 0.6) is 5.75 Å².